The Kier molecular flexibility index (Phi) is 7.55. The molecule has 0 aliphatic carbocycles. The molecule has 0 spiro atoms. The maximum Gasteiger partial charge on any atom is 0.258 e. The van der Waals surface area contributed by atoms with E-state index in [1.165, 1.54) is 0 Å². The summed E-state index contributed by atoms with van der Waals surface area (Å²) in [5, 5.41) is 4.07. The van der Waals surface area contributed by atoms with Crippen LogP contribution in [-0.2, 0) is 4.79 Å². The summed E-state index contributed by atoms with van der Waals surface area (Å²) in [6.45, 7) is 4.74. The van der Waals surface area contributed by atoms with Gasteiger partial charge in [0, 0.05) is 6.04 Å². The number of ether oxygens (including phenoxy) is 1. The van der Waals surface area contributed by atoms with Gasteiger partial charge in [0.05, 0.1) is 12.8 Å². The highest BCUT2D eigenvalue weighted by Crippen LogP contribution is 2.24. The zero-order valence-electron chi connectivity index (χ0n) is 16.9. The zero-order valence-corrected chi connectivity index (χ0v) is 16.9. The van der Waals surface area contributed by atoms with Gasteiger partial charge in [-0.15, -0.1) is 0 Å². The fourth-order valence-corrected chi connectivity index (χ4v) is 3.09. The lowest BCUT2D eigenvalue weighted by Crippen LogP contribution is -2.41. The number of hydrazone groups is 1. The second-order valence-electron chi connectivity index (χ2n) is 7.08. The summed E-state index contributed by atoms with van der Waals surface area (Å²) < 4.78 is 5.61. The number of carbonyl (C=O) groups excluding carboxylic acids is 1. The Morgan fingerprint density at radius 1 is 1.17 bits per heavy atom. The summed E-state index contributed by atoms with van der Waals surface area (Å²) in [6, 6.07) is 17.7. The van der Waals surface area contributed by atoms with E-state index in [1.807, 2.05) is 67.6 Å². The number of allylic oxidation sites excluding steroid dienone is 1. The van der Waals surface area contributed by atoms with Crippen molar-refractivity contribution < 1.29 is 9.53 Å². The number of nitrogens with one attached hydrogen (secondary N) is 3. The van der Waals surface area contributed by atoms with Crippen molar-refractivity contribution in [1.82, 2.24) is 16.3 Å². The van der Waals surface area contributed by atoms with Crippen molar-refractivity contribution in [3.63, 3.8) is 0 Å². The monoisotopic (exact) mass is 392 g/mol. The second kappa shape index (κ2) is 10.5. The van der Waals surface area contributed by atoms with Gasteiger partial charge in [-0.05, 0) is 48.6 Å². The SMILES string of the molecule is CCCOc1ccc(C2CC(C(=O)N/N=C/C(C)=C/c3ccccc3)NN2)cc1. The number of nitrogens with zero attached hydrogens (tertiary/aromatic N) is 1. The number of hydrazine groups is 1. The molecule has 1 heterocycles. The van der Waals surface area contributed by atoms with Crippen molar-refractivity contribution in [2.45, 2.75) is 38.8 Å². The third kappa shape index (κ3) is 6.27. The summed E-state index contributed by atoms with van der Waals surface area (Å²) in [5.41, 5.74) is 12.0. The smallest absolute Gasteiger partial charge is 0.258 e. The molecule has 0 aromatic heterocycles. The van der Waals surface area contributed by atoms with Crippen LogP contribution in [0.5, 0.6) is 5.75 Å². The highest BCUT2D eigenvalue weighted by molar-refractivity contribution is 5.87. The minimum atomic E-state index is -0.341. The number of hydrogen-bond acceptors (Lipinski definition) is 5. The molecule has 3 N–H and O–H groups in total. The highest BCUT2D eigenvalue weighted by atomic mass is 16.5. The zero-order chi connectivity index (χ0) is 20.5. The molecule has 152 valence electrons. The predicted molar refractivity (Wildman–Crippen MR) is 116 cm³/mol. The van der Waals surface area contributed by atoms with E-state index in [9.17, 15) is 4.79 Å². The Labute approximate surface area is 172 Å². The van der Waals surface area contributed by atoms with Crippen LogP contribution >= 0.6 is 0 Å². The fraction of sp³-hybridized carbons (Fsp3) is 0.304. The first kappa shape index (κ1) is 20.8. The van der Waals surface area contributed by atoms with Gasteiger partial charge in [-0.3, -0.25) is 4.79 Å². The van der Waals surface area contributed by atoms with Gasteiger partial charge >= 0.3 is 0 Å². The topological polar surface area (TPSA) is 74.8 Å². The van der Waals surface area contributed by atoms with Crippen molar-refractivity contribution in [3.8, 4) is 5.75 Å². The highest BCUT2D eigenvalue weighted by Gasteiger charge is 2.29. The predicted octanol–water partition coefficient (Wildman–Crippen LogP) is 3.59. The Bertz CT molecular complexity index is 847. The summed E-state index contributed by atoms with van der Waals surface area (Å²) >= 11 is 0. The lowest BCUT2D eigenvalue weighted by Gasteiger charge is -2.11. The number of rotatable bonds is 8. The molecule has 1 aliphatic rings. The number of hydrogen-bond donors (Lipinski definition) is 3. The molecule has 1 saturated heterocycles. The fourth-order valence-electron chi connectivity index (χ4n) is 3.09. The van der Waals surface area contributed by atoms with Crippen LogP contribution in [0, 0.1) is 0 Å². The van der Waals surface area contributed by atoms with Gasteiger partial charge in [0.1, 0.15) is 11.8 Å². The van der Waals surface area contributed by atoms with Crippen LogP contribution in [0.15, 0.2) is 65.3 Å². The van der Waals surface area contributed by atoms with E-state index in [4.69, 9.17) is 4.74 Å². The van der Waals surface area contributed by atoms with Crippen LogP contribution in [0.3, 0.4) is 0 Å². The van der Waals surface area contributed by atoms with Crippen molar-refractivity contribution in [3.05, 3.63) is 71.3 Å². The van der Waals surface area contributed by atoms with Gasteiger partial charge in [0.25, 0.3) is 5.91 Å². The molecule has 0 radical (unpaired) electrons. The molecule has 2 unspecified atom stereocenters. The van der Waals surface area contributed by atoms with Crippen LogP contribution in [0.4, 0.5) is 0 Å². The van der Waals surface area contributed by atoms with Crippen molar-refractivity contribution in [2.24, 2.45) is 5.10 Å². The minimum Gasteiger partial charge on any atom is -0.494 e. The molecule has 2 aromatic carbocycles. The molecular weight excluding hydrogens is 364 g/mol. The van der Waals surface area contributed by atoms with Crippen molar-refractivity contribution in [2.75, 3.05) is 6.61 Å². The first-order chi connectivity index (χ1) is 14.2. The van der Waals surface area contributed by atoms with Gasteiger partial charge in [-0.1, -0.05) is 55.5 Å². The molecule has 1 amide bonds. The van der Waals surface area contributed by atoms with E-state index < -0.39 is 0 Å². The molecule has 6 nitrogen and oxygen atoms in total. The van der Waals surface area contributed by atoms with Crippen LogP contribution < -0.4 is 21.0 Å². The lowest BCUT2D eigenvalue weighted by molar-refractivity contribution is -0.122. The van der Waals surface area contributed by atoms with Crippen LogP contribution in [0.2, 0.25) is 0 Å². The van der Waals surface area contributed by atoms with Crippen LogP contribution in [0.25, 0.3) is 6.08 Å². The molecule has 1 fully saturated rings. The van der Waals surface area contributed by atoms with Crippen LogP contribution in [-0.4, -0.2) is 24.8 Å². The van der Waals surface area contributed by atoms with E-state index >= 15 is 0 Å². The van der Waals surface area contributed by atoms with E-state index in [0.717, 1.165) is 28.9 Å². The second-order valence-corrected chi connectivity index (χ2v) is 7.08. The molecule has 6 heteroatoms. The number of amides is 1. The van der Waals surface area contributed by atoms with Gasteiger partial charge in [-0.2, -0.15) is 5.10 Å². The minimum absolute atomic E-state index is 0.0645. The molecule has 2 atom stereocenters. The number of benzene rings is 2. The van der Waals surface area contributed by atoms with Crippen molar-refractivity contribution in [1.29, 1.82) is 0 Å². The molecule has 1 aliphatic heterocycles. The van der Waals surface area contributed by atoms with Gasteiger partial charge in [-0.25, -0.2) is 16.3 Å². The Morgan fingerprint density at radius 2 is 1.93 bits per heavy atom. The molecular formula is C23H28N4O2. The summed E-state index contributed by atoms with van der Waals surface area (Å²) in [6.07, 6.45) is 5.29. The third-order valence-corrected chi connectivity index (χ3v) is 4.61. The largest absolute Gasteiger partial charge is 0.494 e. The summed E-state index contributed by atoms with van der Waals surface area (Å²) in [5.74, 6) is 0.704. The van der Waals surface area contributed by atoms with E-state index in [-0.39, 0.29) is 18.0 Å². The Balaban J connectivity index is 1.48. The van der Waals surface area contributed by atoms with Gasteiger partial charge in [0.15, 0.2) is 0 Å². The normalized spacial score (nSPS) is 19.4. The molecule has 29 heavy (non-hydrogen) atoms. The number of carbonyl (C=O) groups is 1. The molecule has 3 rings (SSSR count). The summed E-state index contributed by atoms with van der Waals surface area (Å²) in [4.78, 5) is 12.4. The average molecular weight is 393 g/mol. The first-order valence-electron chi connectivity index (χ1n) is 9.96. The van der Waals surface area contributed by atoms with Gasteiger partial charge < -0.3 is 4.74 Å². The molecule has 2 aromatic rings. The van der Waals surface area contributed by atoms with E-state index in [1.54, 1.807) is 6.21 Å². The average Bonchev–Trinajstić information content (AvgIpc) is 3.24. The van der Waals surface area contributed by atoms with E-state index in [0.29, 0.717) is 13.0 Å². The molecule has 0 bridgehead atoms. The van der Waals surface area contributed by atoms with E-state index in [2.05, 4.69) is 28.3 Å². The quantitative estimate of drug-likeness (QED) is 0.474. The van der Waals surface area contributed by atoms with Gasteiger partial charge in [0.2, 0.25) is 0 Å². The van der Waals surface area contributed by atoms with Crippen molar-refractivity contribution >= 4 is 18.2 Å². The van der Waals surface area contributed by atoms with Crippen LogP contribution in [0.1, 0.15) is 43.9 Å². The summed E-state index contributed by atoms with van der Waals surface area (Å²) in [7, 11) is 0. The lowest BCUT2D eigenvalue weighted by atomic mass is 10.0. The maximum atomic E-state index is 12.4. The third-order valence-electron chi connectivity index (χ3n) is 4.61. The Hall–Kier alpha value is -2.96. The Morgan fingerprint density at radius 3 is 2.66 bits per heavy atom. The first-order valence-corrected chi connectivity index (χ1v) is 9.96. The maximum absolute atomic E-state index is 12.4. The molecule has 0 saturated carbocycles. The standard InChI is InChI=1S/C23H28N4O2/c1-3-13-29-20-11-9-19(10-12-20)21-15-22(26-25-21)23(28)27-24-16-17(2)14-18-7-5-4-6-8-18/h4-12,14,16,21-22,25-26H,3,13,15H2,1-2H3,(H,27,28)/b17-14+,24-16+.